The van der Waals surface area contributed by atoms with Gasteiger partial charge in [0, 0.05) is 56.0 Å². The quantitative estimate of drug-likeness (QED) is 0.0179. The maximum Gasteiger partial charge on any atom is 0.328 e. The van der Waals surface area contributed by atoms with Gasteiger partial charge in [0.15, 0.2) is 12.0 Å². The lowest BCUT2D eigenvalue weighted by molar-refractivity contribution is -0.148. The van der Waals surface area contributed by atoms with Crippen molar-refractivity contribution in [2.75, 3.05) is 26.2 Å². The average Bonchev–Trinajstić information content (AvgIpc) is 2.88. The first-order valence-electron chi connectivity index (χ1n) is 27.1. The number of aliphatic hydroxyl groups is 2. The molecule has 0 bridgehead atoms. The number of amides is 12. The van der Waals surface area contributed by atoms with Gasteiger partial charge in [-0.05, 0) is 76.8 Å². The van der Waals surface area contributed by atoms with E-state index < -0.39 is 163 Å². The Hall–Kier alpha value is -8.98. The first-order valence-corrected chi connectivity index (χ1v) is 27.1. The molecule has 2 aliphatic rings. The molecule has 2 aromatic rings. The number of nitrogens with zero attached hydrogens (tertiary/aromatic N) is 3. The van der Waals surface area contributed by atoms with Crippen LogP contribution in [0.15, 0.2) is 35.5 Å². The number of carboxylic acids is 1. The molecule has 33 heteroatoms. The number of carbonyl (C=O) groups is 13. The van der Waals surface area contributed by atoms with Crippen LogP contribution in [0.3, 0.4) is 0 Å². The molecule has 462 valence electrons. The lowest BCUT2D eigenvalue weighted by Gasteiger charge is -2.33. The van der Waals surface area contributed by atoms with Crippen molar-refractivity contribution in [1.82, 2.24) is 52.0 Å². The molecular weight excluding hydrogens is 1110 g/mol. The van der Waals surface area contributed by atoms with Crippen molar-refractivity contribution >= 4 is 93.7 Å². The maximum atomic E-state index is 14.9. The molecule has 0 saturated carbocycles. The summed E-state index contributed by atoms with van der Waals surface area (Å²) in [6.45, 7) is 1.33. The Balaban J connectivity index is 1.58. The molecule has 1 aromatic heterocycles. The van der Waals surface area contributed by atoms with Gasteiger partial charge >= 0.3 is 5.97 Å². The van der Waals surface area contributed by atoms with Gasteiger partial charge in [-0.3, -0.25) is 62.5 Å². The second-order valence-electron chi connectivity index (χ2n) is 20.5. The first-order chi connectivity index (χ1) is 39.6. The van der Waals surface area contributed by atoms with Crippen molar-refractivity contribution in [2.24, 2.45) is 39.4 Å². The van der Waals surface area contributed by atoms with E-state index in [2.05, 4.69) is 47.2 Å². The number of hydrogen-bond donors (Lipinski definition) is 17. The molecule has 84 heavy (non-hydrogen) atoms. The molecule has 2 aliphatic heterocycles. The van der Waals surface area contributed by atoms with Crippen LogP contribution in [-0.4, -0.2) is 206 Å². The number of nitrogens with two attached hydrogens (primary N) is 6. The molecule has 2 fully saturated rings. The molecule has 0 aliphatic carbocycles. The summed E-state index contributed by atoms with van der Waals surface area (Å²) in [5.74, 6) is -13.1. The predicted octanol–water partition coefficient (Wildman–Crippen LogP) is -7.65. The van der Waals surface area contributed by atoms with Crippen molar-refractivity contribution in [3.05, 3.63) is 36.0 Å². The topological polar surface area (TPSA) is 558 Å². The van der Waals surface area contributed by atoms with Crippen LogP contribution in [0.1, 0.15) is 90.0 Å². The number of para-hydroxylation sites is 1. The summed E-state index contributed by atoms with van der Waals surface area (Å²) < 4.78 is 0. The van der Waals surface area contributed by atoms with Crippen molar-refractivity contribution < 1.29 is 77.6 Å². The Labute approximate surface area is 481 Å². The summed E-state index contributed by atoms with van der Waals surface area (Å²) in [5, 5.41) is 46.9. The minimum absolute atomic E-state index is 0.00966. The van der Waals surface area contributed by atoms with Crippen LogP contribution in [0.2, 0.25) is 0 Å². The number of H-pyrrole nitrogens is 1. The number of nitrogens with one attached hydrogen (secondary N) is 8. The maximum absolute atomic E-state index is 14.9. The highest BCUT2D eigenvalue weighted by Crippen LogP contribution is 2.27. The number of aromatic amines is 1. The number of carboxylic acid groups (broad SMARTS) is 1. The van der Waals surface area contributed by atoms with Gasteiger partial charge < -0.3 is 102 Å². The molecule has 0 radical (unpaired) electrons. The van der Waals surface area contributed by atoms with Crippen LogP contribution in [0, 0.1) is 0 Å². The third-order valence-electron chi connectivity index (χ3n) is 14.0. The van der Waals surface area contributed by atoms with Crippen LogP contribution >= 0.6 is 0 Å². The summed E-state index contributed by atoms with van der Waals surface area (Å²) in [4.78, 5) is 181. The van der Waals surface area contributed by atoms with Crippen LogP contribution < -0.4 is 71.6 Å². The number of aliphatic carboxylic acids is 1. The largest absolute Gasteiger partial charge is 0.480 e. The number of carbonyl (C=O) groups excluding carboxylic acids is 12. The Morgan fingerprint density at radius 3 is 1.81 bits per heavy atom. The van der Waals surface area contributed by atoms with E-state index in [0.717, 1.165) is 6.92 Å². The number of fused-ring (bicyclic) bond motifs is 1. The standard InChI is InChI=1S/C51H77N17O16/c1-24(41(74)66-40(25(2)70)50(83)84)60-47(80)35-11-6-18-67(35)49(82)36-12-7-19-68(36)48(81)33(20-26-22-59-29-9-4-3-8-27(26)29)64-45(78)32(21-39(55)73)63-46(79)34(23-69)65-43(76)30(10-5-17-58-51(56)57)62-44(77)31(14-16-38(54)72)61-42(75)28(52)13-15-37(53)71/h3-4,8-9,22,24-25,28,30-36,40,59,69-70H,5-7,10-21,23,52H2,1-2H3,(H2,53,71)(H2,54,72)(H2,55,73)(H,60,80)(H,61,75)(H,62,77)(H,63,79)(H,64,78)(H,65,76)(H,66,74)(H,83,84)(H4,56,57,58)/t24-,25+,28-,30-,31-,32-,33-,34-,35-,36-,40-/m0/s1. The molecule has 0 unspecified atom stereocenters. The van der Waals surface area contributed by atoms with Crippen molar-refractivity contribution in [2.45, 2.75) is 157 Å². The van der Waals surface area contributed by atoms with E-state index in [4.69, 9.17) is 34.4 Å². The predicted molar refractivity (Wildman–Crippen MR) is 296 cm³/mol. The van der Waals surface area contributed by atoms with E-state index >= 15 is 0 Å². The van der Waals surface area contributed by atoms with Crippen molar-refractivity contribution in [3.63, 3.8) is 0 Å². The van der Waals surface area contributed by atoms with E-state index in [-0.39, 0.29) is 77.0 Å². The molecule has 33 nitrogen and oxygen atoms in total. The minimum Gasteiger partial charge on any atom is -0.480 e. The Bertz CT molecular complexity index is 2790. The average molecular weight is 1180 g/mol. The number of guanidine groups is 1. The van der Waals surface area contributed by atoms with Crippen LogP contribution in [0.25, 0.3) is 10.9 Å². The number of rotatable bonds is 33. The van der Waals surface area contributed by atoms with Gasteiger partial charge in [0.1, 0.15) is 48.3 Å². The van der Waals surface area contributed by atoms with Gasteiger partial charge in [0.05, 0.1) is 25.2 Å². The van der Waals surface area contributed by atoms with E-state index in [1.807, 2.05) is 0 Å². The summed E-state index contributed by atoms with van der Waals surface area (Å²) in [6, 6.07) is -8.01. The number of likely N-dealkylation sites (tertiary alicyclic amines) is 2. The van der Waals surface area contributed by atoms with E-state index in [0.29, 0.717) is 29.3 Å². The van der Waals surface area contributed by atoms with Gasteiger partial charge in [-0.25, -0.2) is 4.79 Å². The number of aliphatic hydroxyl groups excluding tert-OH is 2. The highest BCUT2D eigenvalue weighted by Gasteiger charge is 2.45. The molecule has 12 amide bonds. The zero-order valence-electron chi connectivity index (χ0n) is 46.5. The minimum atomic E-state index is -1.91. The molecule has 23 N–H and O–H groups in total. The molecule has 2 saturated heterocycles. The van der Waals surface area contributed by atoms with Gasteiger partial charge in [0.2, 0.25) is 70.9 Å². The lowest BCUT2D eigenvalue weighted by Crippen LogP contribution is -2.61. The third-order valence-corrected chi connectivity index (χ3v) is 14.0. The fourth-order valence-corrected chi connectivity index (χ4v) is 9.47. The summed E-state index contributed by atoms with van der Waals surface area (Å²) in [7, 11) is 0. The highest BCUT2D eigenvalue weighted by molar-refractivity contribution is 6.00. The van der Waals surface area contributed by atoms with Crippen LogP contribution in [-0.2, 0) is 68.7 Å². The van der Waals surface area contributed by atoms with Gasteiger partial charge in [0.25, 0.3) is 0 Å². The van der Waals surface area contributed by atoms with Crippen LogP contribution in [0.4, 0.5) is 0 Å². The molecule has 1 aromatic carbocycles. The number of aromatic nitrogens is 1. The Kier molecular flexibility index (Phi) is 25.7. The third kappa shape index (κ3) is 19.9. The molecule has 4 rings (SSSR count). The molecular formula is C51H77N17O16. The number of hydrogen-bond acceptors (Lipinski definition) is 17. The van der Waals surface area contributed by atoms with Crippen LogP contribution in [0.5, 0.6) is 0 Å². The summed E-state index contributed by atoms with van der Waals surface area (Å²) >= 11 is 0. The van der Waals surface area contributed by atoms with Gasteiger partial charge in [-0.15, -0.1) is 0 Å². The normalized spacial score (nSPS) is 18.0. The second-order valence-corrected chi connectivity index (χ2v) is 20.5. The first kappa shape index (κ1) is 67.5. The van der Waals surface area contributed by atoms with E-state index in [9.17, 15) is 77.6 Å². The number of aliphatic imine (C=N–C) groups is 1. The SMILES string of the molecule is C[C@H](NC(=O)[C@@H]1CCCN1C(=O)[C@@H]1CCCN1C(=O)[C@H](Cc1c[nH]c2ccccc12)NC(=O)[C@H](CC(N)=O)NC(=O)[C@H](CO)NC(=O)[C@H](CCCN=C(N)N)NC(=O)[C@H](CCC(N)=O)NC(=O)[C@@H](N)CCC(N)=O)C(=O)N[C@H](C(=O)O)[C@@H](C)O. The Morgan fingerprint density at radius 2 is 1.20 bits per heavy atom. The smallest absolute Gasteiger partial charge is 0.328 e. The summed E-state index contributed by atoms with van der Waals surface area (Å²) in [6.07, 6.45) is -1.55. The summed E-state index contributed by atoms with van der Waals surface area (Å²) in [5.41, 5.74) is 33.9. The molecule has 0 spiro atoms. The fourth-order valence-electron chi connectivity index (χ4n) is 9.47. The molecule has 3 heterocycles. The zero-order chi connectivity index (χ0) is 62.5. The second kappa shape index (κ2) is 32.0. The van der Waals surface area contributed by atoms with Gasteiger partial charge in [-0.2, -0.15) is 0 Å². The Morgan fingerprint density at radius 1 is 0.655 bits per heavy atom. The van der Waals surface area contributed by atoms with E-state index in [1.165, 1.54) is 16.7 Å². The van der Waals surface area contributed by atoms with Gasteiger partial charge in [-0.1, -0.05) is 18.2 Å². The number of primary amides is 3. The van der Waals surface area contributed by atoms with Crippen molar-refractivity contribution in [1.29, 1.82) is 0 Å². The van der Waals surface area contributed by atoms with E-state index in [1.54, 1.807) is 30.5 Å². The highest BCUT2D eigenvalue weighted by atomic mass is 16.4. The zero-order valence-corrected chi connectivity index (χ0v) is 46.5. The monoisotopic (exact) mass is 1180 g/mol. The van der Waals surface area contributed by atoms with Crippen molar-refractivity contribution in [3.8, 4) is 0 Å². The molecule has 11 atom stereocenters. The number of benzene rings is 1. The fraction of sp³-hybridized carbons (Fsp3) is 0.569. The lowest BCUT2D eigenvalue weighted by atomic mass is 10.0.